The Kier molecular flexibility index (Phi) is 8.92. The number of halogens is 5. The average molecular weight is 584 g/mol. The Morgan fingerprint density at radius 1 is 1.20 bits per heavy atom. The minimum absolute atomic E-state index is 0.0207. The predicted molar refractivity (Wildman–Crippen MR) is 139 cm³/mol. The van der Waals surface area contributed by atoms with Gasteiger partial charge in [0, 0.05) is 25.1 Å². The third-order valence-electron chi connectivity index (χ3n) is 7.31. The van der Waals surface area contributed by atoms with Crippen molar-refractivity contribution in [1.82, 2.24) is 15.5 Å². The molecule has 0 radical (unpaired) electrons. The molecule has 2 fully saturated rings. The molecule has 0 unspecified atom stereocenters. The van der Waals surface area contributed by atoms with Crippen molar-refractivity contribution in [3.05, 3.63) is 42.0 Å². The van der Waals surface area contributed by atoms with Crippen molar-refractivity contribution in [2.24, 2.45) is 27.1 Å². The second-order valence-corrected chi connectivity index (χ2v) is 10.4. The number of hydrogen-bond acceptors (Lipinski definition) is 7. The number of rotatable bonds is 6. The number of nitrogens with two attached hydrogens (primary N) is 1. The van der Waals surface area contributed by atoms with Gasteiger partial charge in [0.25, 0.3) is 6.02 Å². The van der Waals surface area contributed by atoms with E-state index in [-0.39, 0.29) is 23.6 Å². The SMILES string of the molecule is N=C(CC(=O)N[C@@H]1C=CC(N2CCC3(CC2)CC(C(=O)NCC(F)(F)F)C3)=NC1)OC(N)=Nc1ccc(F)c(F)c1. The van der Waals surface area contributed by atoms with Crippen LogP contribution in [-0.2, 0) is 14.3 Å². The summed E-state index contributed by atoms with van der Waals surface area (Å²) < 4.78 is 68.2. The average Bonchev–Trinajstić information content (AvgIpc) is 2.88. The molecule has 1 aliphatic carbocycles. The monoisotopic (exact) mass is 583 g/mol. The van der Waals surface area contributed by atoms with E-state index in [0.717, 1.165) is 30.8 Å². The first-order valence-corrected chi connectivity index (χ1v) is 13.0. The van der Waals surface area contributed by atoms with Crippen LogP contribution in [0.15, 0.2) is 40.3 Å². The van der Waals surface area contributed by atoms with Gasteiger partial charge in [0.05, 0.1) is 18.3 Å². The number of likely N-dealkylation sites (tertiary alicyclic amines) is 1. The van der Waals surface area contributed by atoms with Gasteiger partial charge in [-0.25, -0.2) is 8.78 Å². The molecule has 0 aromatic heterocycles. The fourth-order valence-corrected chi connectivity index (χ4v) is 5.20. The summed E-state index contributed by atoms with van der Waals surface area (Å²) >= 11 is 0. The highest BCUT2D eigenvalue weighted by atomic mass is 19.4. The molecule has 2 heterocycles. The van der Waals surface area contributed by atoms with Crippen molar-refractivity contribution >= 4 is 35.3 Å². The fourth-order valence-electron chi connectivity index (χ4n) is 5.20. The van der Waals surface area contributed by atoms with Crippen molar-refractivity contribution < 1.29 is 36.3 Å². The lowest BCUT2D eigenvalue weighted by Crippen LogP contribution is -2.52. The Morgan fingerprint density at radius 2 is 1.90 bits per heavy atom. The Bertz CT molecular complexity index is 1260. The molecule has 15 heteroatoms. The molecular weight excluding hydrogens is 553 g/mol. The maximum absolute atomic E-state index is 13.3. The second-order valence-electron chi connectivity index (χ2n) is 10.4. The number of aliphatic imine (C=N–C) groups is 2. The Labute approximate surface area is 232 Å². The lowest BCUT2D eigenvalue weighted by molar-refractivity contribution is -0.146. The number of carbonyl (C=O) groups excluding carboxylic acids is 2. The number of amidine groups is 2. The van der Waals surface area contributed by atoms with Gasteiger partial charge in [-0.3, -0.25) is 20.0 Å². The number of amides is 2. The minimum Gasteiger partial charge on any atom is -0.411 e. The van der Waals surface area contributed by atoms with Gasteiger partial charge in [-0.2, -0.15) is 18.2 Å². The van der Waals surface area contributed by atoms with Crippen molar-refractivity contribution in [2.75, 3.05) is 26.2 Å². The van der Waals surface area contributed by atoms with Crippen molar-refractivity contribution in [1.29, 1.82) is 5.41 Å². The largest absolute Gasteiger partial charge is 0.411 e. The van der Waals surface area contributed by atoms with E-state index in [1.165, 1.54) is 6.07 Å². The molecule has 3 aliphatic rings. The smallest absolute Gasteiger partial charge is 0.405 e. The van der Waals surface area contributed by atoms with Crippen molar-refractivity contribution in [3.63, 3.8) is 0 Å². The Morgan fingerprint density at radius 3 is 2.51 bits per heavy atom. The molecule has 222 valence electrons. The first-order valence-electron chi connectivity index (χ1n) is 13.0. The van der Waals surface area contributed by atoms with Crippen LogP contribution in [0.1, 0.15) is 32.1 Å². The summed E-state index contributed by atoms with van der Waals surface area (Å²) in [5, 5.41) is 12.5. The highest BCUT2D eigenvalue weighted by molar-refractivity contribution is 6.00. The molecule has 1 saturated heterocycles. The van der Waals surface area contributed by atoms with Gasteiger partial charge >= 0.3 is 6.18 Å². The van der Waals surface area contributed by atoms with Crippen LogP contribution in [-0.4, -0.2) is 72.9 Å². The van der Waals surface area contributed by atoms with Crippen LogP contribution in [0.3, 0.4) is 0 Å². The van der Waals surface area contributed by atoms with Crippen molar-refractivity contribution in [2.45, 2.75) is 44.3 Å². The molecule has 4 rings (SSSR count). The normalized spacial score (nSPS) is 20.7. The van der Waals surface area contributed by atoms with Crippen LogP contribution >= 0.6 is 0 Å². The number of ether oxygens (including phenoxy) is 1. The van der Waals surface area contributed by atoms with E-state index in [0.29, 0.717) is 25.9 Å². The molecule has 2 amide bonds. The van der Waals surface area contributed by atoms with Crippen LogP contribution in [0.2, 0.25) is 0 Å². The summed E-state index contributed by atoms with van der Waals surface area (Å²) in [6, 6.07) is 1.94. The third kappa shape index (κ3) is 8.24. The molecule has 1 aromatic rings. The van der Waals surface area contributed by atoms with E-state index in [4.69, 9.17) is 15.9 Å². The Balaban J connectivity index is 1.15. The summed E-state index contributed by atoms with van der Waals surface area (Å²) in [6.07, 6.45) is 1.54. The van der Waals surface area contributed by atoms with E-state index >= 15 is 0 Å². The number of carbonyl (C=O) groups is 2. The lowest BCUT2D eigenvalue weighted by atomic mass is 9.57. The van der Waals surface area contributed by atoms with E-state index < -0.39 is 60.6 Å². The van der Waals surface area contributed by atoms with E-state index in [1.807, 2.05) is 5.32 Å². The zero-order valence-corrected chi connectivity index (χ0v) is 21.9. The van der Waals surface area contributed by atoms with Crippen LogP contribution in [0.25, 0.3) is 0 Å². The minimum atomic E-state index is -4.42. The number of benzene rings is 1. The van der Waals surface area contributed by atoms with E-state index in [9.17, 15) is 31.5 Å². The quantitative estimate of drug-likeness (QED) is 0.231. The lowest BCUT2D eigenvalue weighted by Gasteiger charge is -2.52. The molecule has 1 atom stereocenters. The van der Waals surface area contributed by atoms with Gasteiger partial charge in [0.1, 0.15) is 18.8 Å². The third-order valence-corrected chi connectivity index (χ3v) is 7.31. The zero-order chi connectivity index (χ0) is 29.8. The zero-order valence-electron chi connectivity index (χ0n) is 21.9. The number of nitrogens with zero attached hydrogens (tertiary/aromatic N) is 3. The van der Waals surface area contributed by atoms with Crippen LogP contribution in [0, 0.1) is 28.4 Å². The summed E-state index contributed by atoms with van der Waals surface area (Å²) in [5.74, 6) is -3.32. The molecule has 1 saturated carbocycles. The molecule has 5 N–H and O–H groups in total. The highest BCUT2D eigenvalue weighted by Gasteiger charge is 2.49. The van der Waals surface area contributed by atoms with E-state index in [2.05, 4.69) is 20.2 Å². The van der Waals surface area contributed by atoms with Crippen LogP contribution in [0.4, 0.5) is 27.6 Å². The standard InChI is InChI=1S/C26H30F5N7O3/c27-18-3-1-16(9-19(18)28)37-24(33)41-20(32)10-22(39)36-17-2-4-21(34-13-17)38-7-5-25(6-8-38)11-15(12-25)23(40)35-14-26(29,30)31/h1-4,9,15,17,32H,5-8,10-14H2,(H2,33,37)(H,35,40)(H,36,39)/t17-/m1/s1. The van der Waals surface area contributed by atoms with Crippen LogP contribution < -0.4 is 16.4 Å². The summed E-state index contributed by atoms with van der Waals surface area (Å²) in [5.41, 5.74) is 5.52. The van der Waals surface area contributed by atoms with Crippen molar-refractivity contribution in [3.8, 4) is 0 Å². The van der Waals surface area contributed by atoms with Gasteiger partial charge in [0.2, 0.25) is 11.8 Å². The van der Waals surface area contributed by atoms with Gasteiger partial charge < -0.3 is 26.0 Å². The fraction of sp³-hybridized carbons (Fsp3) is 0.500. The second kappa shape index (κ2) is 12.2. The number of dihydropyridines is 1. The maximum atomic E-state index is 13.3. The van der Waals surface area contributed by atoms with Gasteiger partial charge in [-0.15, -0.1) is 0 Å². The van der Waals surface area contributed by atoms with Gasteiger partial charge in [-0.1, -0.05) is 6.08 Å². The molecule has 1 spiro atoms. The topological polar surface area (TPSA) is 145 Å². The summed E-state index contributed by atoms with van der Waals surface area (Å²) in [7, 11) is 0. The molecular formula is C26H30F5N7O3. The predicted octanol–water partition coefficient (Wildman–Crippen LogP) is 2.92. The number of nitrogens with one attached hydrogen (secondary N) is 3. The number of piperidine rings is 1. The van der Waals surface area contributed by atoms with E-state index in [1.54, 1.807) is 12.2 Å². The summed E-state index contributed by atoms with van der Waals surface area (Å²) in [4.78, 5) is 34.7. The molecule has 10 nitrogen and oxygen atoms in total. The number of alkyl halides is 3. The maximum Gasteiger partial charge on any atom is 0.405 e. The molecule has 2 aliphatic heterocycles. The van der Waals surface area contributed by atoms with Gasteiger partial charge in [-0.05, 0) is 49.3 Å². The first-order chi connectivity index (χ1) is 19.3. The molecule has 41 heavy (non-hydrogen) atoms. The highest BCUT2D eigenvalue weighted by Crippen LogP contribution is 2.52. The Hall–Kier alpha value is -4.04. The summed E-state index contributed by atoms with van der Waals surface area (Å²) in [6.45, 7) is 0.394. The van der Waals surface area contributed by atoms with Gasteiger partial charge in [0.15, 0.2) is 17.5 Å². The number of hydrogen-bond donors (Lipinski definition) is 4. The molecule has 0 bridgehead atoms. The van der Waals surface area contributed by atoms with Crippen LogP contribution in [0.5, 0.6) is 0 Å². The first kappa shape index (κ1) is 29.9. The molecule has 1 aromatic carbocycles.